The molecule has 2 rings (SSSR count). The lowest BCUT2D eigenvalue weighted by atomic mass is 10.1. The highest BCUT2D eigenvalue weighted by Crippen LogP contribution is 2.32. The summed E-state index contributed by atoms with van der Waals surface area (Å²) in [6.07, 6.45) is 0. The Morgan fingerprint density at radius 3 is 2.90 bits per heavy atom. The van der Waals surface area contributed by atoms with Gasteiger partial charge >= 0.3 is 0 Å². The fraction of sp³-hybridized carbons (Fsp3) is 0.231. The van der Waals surface area contributed by atoms with Crippen molar-refractivity contribution in [3.63, 3.8) is 0 Å². The van der Waals surface area contributed by atoms with Crippen LogP contribution in [0.2, 0.25) is 0 Å². The third-order valence-electron chi connectivity index (χ3n) is 2.81. The second-order valence-corrected chi connectivity index (χ2v) is 4.98. The molecule has 0 bridgehead atoms. The first-order valence-electron chi connectivity index (χ1n) is 6.07. The molecule has 2 aromatic rings. The van der Waals surface area contributed by atoms with Gasteiger partial charge < -0.3 is 4.74 Å². The standard InChI is InChI=1S/C13H15BrN4O2/c1-3-20-10-5-4-8(6-9(10)14)12-11(13(19)16-15)7(2)17-18-12/h4-6H,3,15H2,1-2H3,(H,16,19)(H,17,18). The summed E-state index contributed by atoms with van der Waals surface area (Å²) in [7, 11) is 0. The predicted molar refractivity (Wildman–Crippen MR) is 79.3 cm³/mol. The van der Waals surface area contributed by atoms with Crippen LogP contribution in [-0.4, -0.2) is 22.7 Å². The first kappa shape index (κ1) is 14.5. The van der Waals surface area contributed by atoms with Crippen molar-refractivity contribution in [3.8, 4) is 17.0 Å². The molecule has 1 amide bonds. The highest BCUT2D eigenvalue weighted by molar-refractivity contribution is 9.10. The zero-order chi connectivity index (χ0) is 14.7. The molecular weight excluding hydrogens is 324 g/mol. The summed E-state index contributed by atoms with van der Waals surface area (Å²) in [5.41, 5.74) is 4.57. The van der Waals surface area contributed by atoms with Crippen LogP contribution in [0, 0.1) is 6.92 Å². The van der Waals surface area contributed by atoms with Gasteiger partial charge in [-0.1, -0.05) is 0 Å². The van der Waals surface area contributed by atoms with Gasteiger partial charge in [0.05, 0.1) is 16.6 Å². The number of nitrogens with zero attached hydrogens (tertiary/aromatic N) is 1. The molecule has 0 aliphatic heterocycles. The molecule has 1 heterocycles. The smallest absolute Gasteiger partial charge is 0.269 e. The number of nitrogens with one attached hydrogen (secondary N) is 2. The number of halogens is 1. The topological polar surface area (TPSA) is 93.0 Å². The Hall–Kier alpha value is -1.86. The molecule has 0 radical (unpaired) electrons. The minimum Gasteiger partial charge on any atom is -0.493 e. The lowest BCUT2D eigenvalue weighted by Gasteiger charge is -2.08. The third kappa shape index (κ3) is 2.68. The maximum atomic E-state index is 11.8. The highest BCUT2D eigenvalue weighted by Gasteiger charge is 2.19. The minimum absolute atomic E-state index is 0.378. The summed E-state index contributed by atoms with van der Waals surface area (Å²) in [5, 5.41) is 6.97. The van der Waals surface area contributed by atoms with E-state index in [1.54, 1.807) is 6.92 Å². The molecule has 4 N–H and O–H groups in total. The fourth-order valence-electron chi connectivity index (χ4n) is 1.91. The van der Waals surface area contributed by atoms with Gasteiger partial charge in [0, 0.05) is 11.3 Å². The first-order chi connectivity index (χ1) is 9.58. The van der Waals surface area contributed by atoms with Crippen molar-refractivity contribution in [1.29, 1.82) is 0 Å². The van der Waals surface area contributed by atoms with Gasteiger partial charge in [-0.05, 0) is 48.0 Å². The zero-order valence-electron chi connectivity index (χ0n) is 11.2. The molecule has 1 aromatic heterocycles. The van der Waals surface area contributed by atoms with Crippen LogP contribution < -0.4 is 16.0 Å². The normalized spacial score (nSPS) is 10.4. The largest absolute Gasteiger partial charge is 0.493 e. The maximum Gasteiger partial charge on any atom is 0.269 e. The lowest BCUT2D eigenvalue weighted by Crippen LogP contribution is -2.30. The van der Waals surface area contributed by atoms with Crippen LogP contribution in [0.1, 0.15) is 23.0 Å². The van der Waals surface area contributed by atoms with Crippen LogP contribution in [0.4, 0.5) is 0 Å². The predicted octanol–water partition coefficient (Wildman–Crippen LogP) is 2.15. The van der Waals surface area contributed by atoms with E-state index in [9.17, 15) is 4.79 Å². The van der Waals surface area contributed by atoms with Crippen molar-refractivity contribution in [2.75, 3.05) is 6.61 Å². The molecule has 0 aliphatic rings. The van der Waals surface area contributed by atoms with Gasteiger partial charge in [-0.15, -0.1) is 0 Å². The van der Waals surface area contributed by atoms with E-state index >= 15 is 0 Å². The summed E-state index contributed by atoms with van der Waals surface area (Å²) >= 11 is 3.44. The van der Waals surface area contributed by atoms with Crippen molar-refractivity contribution in [3.05, 3.63) is 33.9 Å². The van der Waals surface area contributed by atoms with E-state index in [2.05, 4.69) is 31.6 Å². The van der Waals surface area contributed by atoms with Crippen LogP contribution in [0.15, 0.2) is 22.7 Å². The third-order valence-corrected chi connectivity index (χ3v) is 3.43. The number of aryl methyl sites for hydroxylation is 1. The Kier molecular flexibility index (Phi) is 4.41. The van der Waals surface area contributed by atoms with Crippen LogP contribution >= 0.6 is 15.9 Å². The van der Waals surface area contributed by atoms with Crippen molar-refractivity contribution in [1.82, 2.24) is 15.6 Å². The molecule has 0 fully saturated rings. The molecule has 0 atom stereocenters. The molecule has 0 unspecified atom stereocenters. The fourth-order valence-corrected chi connectivity index (χ4v) is 2.40. The minimum atomic E-state index is -0.378. The van der Waals surface area contributed by atoms with Gasteiger partial charge in [-0.3, -0.25) is 15.3 Å². The number of amides is 1. The quantitative estimate of drug-likeness (QED) is 0.452. The Labute approximate surface area is 124 Å². The Bertz CT molecular complexity index is 639. The number of aromatic nitrogens is 2. The average molecular weight is 339 g/mol. The number of carbonyl (C=O) groups is 1. The summed E-state index contributed by atoms with van der Waals surface area (Å²) in [6, 6.07) is 5.53. The van der Waals surface area contributed by atoms with Crippen LogP contribution in [0.5, 0.6) is 5.75 Å². The molecule has 0 saturated carbocycles. The molecule has 0 aliphatic carbocycles. The number of rotatable bonds is 4. The van der Waals surface area contributed by atoms with Gasteiger partial charge in [0.15, 0.2) is 0 Å². The van der Waals surface area contributed by atoms with Gasteiger partial charge in [-0.2, -0.15) is 5.10 Å². The SMILES string of the molecule is CCOc1ccc(-c2n[nH]c(C)c2C(=O)NN)cc1Br. The number of benzene rings is 1. The molecule has 106 valence electrons. The van der Waals surface area contributed by atoms with E-state index in [1.165, 1.54) is 0 Å². The zero-order valence-corrected chi connectivity index (χ0v) is 12.7. The Morgan fingerprint density at radius 1 is 1.55 bits per heavy atom. The van der Waals surface area contributed by atoms with E-state index in [-0.39, 0.29) is 5.91 Å². The van der Waals surface area contributed by atoms with Crippen LogP contribution in [0.25, 0.3) is 11.3 Å². The number of nitrogen functional groups attached to an aromatic ring is 1. The van der Waals surface area contributed by atoms with E-state index in [4.69, 9.17) is 10.6 Å². The lowest BCUT2D eigenvalue weighted by molar-refractivity contribution is 0.0954. The molecule has 0 spiro atoms. The monoisotopic (exact) mass is 338 g/mol. The molecular formula is C13H15BrN4O2. The van der Waals surface area contributed by atoms with E-state index in [0.29, 0.717) is 23.6 Å². The second kappa shape index (κ2) is 6.06. The summed E-state index contributed by atoms with van der Waals surface area (Å²) < 4.78 is 6.26. The Balaban J connectivity index is 2.47. The summed E-state index contributed by atoms with van der Waals surface area (Å²) in [6.45, 7) is 4.27. The van der Waals surface area contributed by atoms with E-state index < -0.39 is 0 Å². The number of ether oxygens (including phenoxy) is 1. The summed E-state index contributed by atoms with van der Waals surface area (Å²) in [5.74, 6) is 5.57. The highest BCUT2D eigenvalue weighted by atomic mass is 79.9. The number of hydrogen-bond acceptors (Lipinski definition) is 4. The number of hydrazine groups is 1. The number of H-pyrrole nitrogens is 1. The maximum absolute atomic E-state index is 11.8. The van der Waals surface area contributed by atoms with Gasteiger partial charge in [0.1, 0.15) is 11.4 Å². The van der Waals surface area contributed by atoms with Gasteiger partial charge in [0.2, 0.25) is 0 Å². The van der Waals surface area contributed by atoms with Crippen molar-refractivity contribution in [2.24, 2.45) is 5.84 Å². The number of aromatic amines is 1. The first-order valence-corrected chi connectivity index (χ1v) is 6.86. The van der Waals surface area contributed by atoms with Crippen molar-refractivity contribution in [2.45, 2.75) is 13.8 Å². The molecule has 1 aromatic carbocycles. The molecule has 20 heavy (non-hydrogen) atoms. The number of nitrogens with two attached hydrogens (primary N) is 1. The number of carbonyl (C=O) groups excluding carboxylic acids is 1. The molecule has 0 saturated heterocycles. The van der Waals surface area contributed by atoms with E-state index in [0.717, 1.165) is 15.8 Å². The second-order valence-electron chi connectivity index (χ2n) is 4.12. The van der Waals surface area contributed by atoms with Crippen molar-refractivity contribution >= 4 is 21.8 Å². The molecule has 6 nitrogen and oxygen atoms in total. The summed E-state index contributed by atoms with van der Waals surface area (Å²) in [4.78, 5) is 11.8. The van der Waals surface area contributed by atoms with Crippen molar-refractivity contribution < 1.29 is 9.53 Å². The molecule has 7 heteroatoms. The van der Waals surface area contributed by atoms with Gasteiger partial charge in [-0.25, -0.2) is 5.84 Å². The van der Waals surface area contributed by atoms with Crippen LogP contribution in [0.3, 0.4) is 0 Å². The average Bonchev–Trinajstić information content (AvgIpc) is 2.82. The van der Waals surface area contributed by atoms with Crippen LogP contribution in [-0.2, 0) is 0 Å². The van der Waals surface area contributed by atoms with Gasteiger partial charge in [0.25, 0.3) is 5.91 Å². The number of hydrogen-bond donors (Lipinski definition) is 3. The van der Waals surface area contributed by atoms with E-state index in [1.807, 2.05) is 25.1 Å². The Morgan fingerprint density at radius 2 is 2.30 bits per heavy atom.